The fourth-order valence-corrected chi connectivity index (χ4v) is 3.83. The molecule has 1 N–H and O–H groups in total. The number of fused-ring (bicyclic) bond motifs is 1. The number of carbonyl (C=O) groups excluding carboxylic acids is 1. The van der Waals surface area contributed by atoms with Crippen molar-refractivity contribution in [3.8, 4) is 5.75 Å². The molecule has 0 aliphatic carbocycles. The number of amides is 1. The number of rotatable bonds is 6. The van der Waals surface area contributed by atoms with E-state index in [-0.39, 0.29) is 10.7 Å². The highest BCUT2D eigenvalue weighted by Crippen LogP contribution is 2.23. The average molecular weight is 449 g/mol. The van der Waals surface area contributed by atoms with Gasteiger partial charge in [0.25, 0.3) is 5.91 Å². The number of halogens is 1. The lowest BCUT2D eigenvalue weighted by Crippen LogP contribution is -2.23. The van der Waals surface area contributed by atoms with Gasteiger partial charge in [-0.2, -0.15) is 0 Å². The number of ether oxygens (including phenoxy) is 1. The number of nitrogens with zero attached hydrogens (tertiary/aromatic N) is 5. The summed E-state index contributed by atoms with van der Waals surface area (Å²) in [4.78, 5) is 28.1. The second kappa shape index (κ2) is 8.84. The number of anilines is 2. The molecule has 0 unspecified atom stereocenters. The van der Waals surface area contributed by atoms with Crippen LogP contribution < -0.4 is 15.0 Å². The Labute approximate surface area is 189 Å². The van der Waals surface area contributed by atoms with E-state index < -0.39 is 5.91 Å². The van der Waals surface area contributed by atoms with Crippen LogP contribution >= 0.6 is 11.6 Å². The van der Waals surface area contributed by atoms with Gasteiger partial charge in [0.2, 0.25) is 5.95 Å². The van der Waals surface area contributed by atoms with Crippen LogP contribution in [0.3, 0.4) is 0 Å². The molecule has 0 saturated carbocycles. The first-order chi connectivity index (χ1) is 15.7. The molecule has 162 valence electrons. The summed E-state index contributed by atoms with van der Waals surface area (Å²) in [6, 6.07) is 13.0. The van der Waals surface area contributed by atoms with Crippen LogP contribution in [0.4, 0.5) is 11.6 Å². The maximum absolute atomic E-state index is 12.8. The highest BCUT2D eigenvalue weighted by atomic mass is 35.5. The molecule has 1 saturated heterocycles. The van der Waals surface area contributed by atoms with Crippen LogP contribution in [-0.4, -0.2) is 38.3 Å². The molecule has 0 spiro atoms. The Kier molecular flexibility index (Phi) is 5.60. The Balaban J connectivity index is 1.27. The van der Waals surface area contributed by atoms with Crippen molar-refractivity contribution in [3.05, 3.63) is 77.5 Å². The highest BCUT2D eigenvalue weighted by Gasteiger charge is 2.20. The van der Waals surface area contributed by atoms with Crippen molar-refractivity contribution >= 4 is 34.8 Å². The SMILES string of the molecule is O=C(Nc1cccc(OCc2cn3ccccc3n2)c1)c1nc(N2CCCC2)ncc1Cl. The zero-order valence-electron chi connectivity index (χ0n) is 17.2. The predicted octanol–water partition coefficient (Wildman–Crippen LogP) is 4.21. The number of hydrogen-bond acceptors (Lipinski definition) is 6. The third-order valence-corrected chi connectivity index (χ3v) is 5.50. The van der Waals surface area contributed by atoms with Gasteiger partial charge < -0.3 is 19.4 Å². The fraction of sp³-hybridized carbons (Fsp3) is 0.217. The first-order valence-corrected chi connectivity index (χ1v) is 10.8. The maximum atomic E-state index is 12.8. The van der Waals surface area contributed by atoms with Gasteiger partial charge in [0, 0.05) is 37.2 Å². The molecule has 0 radical (unpaired) electrons. The number of hydrogen-bond donors (Lipinski definition) is 1. The molecular formula is C23H21ClN6O2. The van der Waals surface area contributed by atoms with Crippen molar-refractivity contribution < 1.29 is 9.53 Å². The summed E-state index contributed by atoms with van der Waals surface area (Å²) in [6.07, 6.45) is 7.53. The molecule has 4 aromatic rings. The number of carbonyl (C=O) groups is 1. The number of nitrogens with one attached hydrogen (secondary N) is 1. The van der Waals surface area contributed by atoms with Crippen molar-refractivity contribution in [3.63, 3.8) is 0 Å². The van der Waals surface area contributed by atoms with E-state index in [1.807, 2.05) is 47.1 Å². The lowest BCUT2D eigenvalue weighted by molar-refractivity contribution is 0.102. The van der Waals surface area contributed by atoms with E-state index in [4.69, 9.17) is 16.3 Å². The second-order valence-corrected chi connectivity index (χ2v) is 7.94. The van der Waals surface area contributed by atoms with E-state index in [9.17, 15) is 4.79 Å². The molecule has 5 rings (SSSR count). The first kappa shape index (κ1) is 20.3. The van der Waals surface area contributed by atoms with Crippen molar-refractivity contribution in [2.24, 2.45) is 0 Å². The van der Waals surface area contributed by atoms with Crippen LogP contribution in [0.1, 0.15) is 29.0 Å². The van der Waals surface area contributed by atoms with Crippen LogP contribution in [0.15, 0.2) is 61.1 Å². The summed E-state index contributed by atoms with van der Waals surface area (Å²) in [5, 5.41) is 3.06. The lowest BCUT2D eigenvalue weighted by atomic mass is 10.3. The van der Waals surface area contributed by atoms with Gasteiger partial charge in [-0.3, -0.25) is 4.79 Å². The summed E-state index contributed by atoms with van der Waals surface area (Å²) < 4.78 is 7.82. The third-order valence-electron chi connectivity index (χ3n) is 5.23. The van der Waals surface area contributed by atoms with Gasteiger partial charge in [-0.25, -0.2) is 15.0 Å². The molecule has 0 bridgehead atoms. The van der Waals surface area contributed by atoms with Gasteiger partial charge in [-0.05, 0) is 37.1 Å². The van der Waals surface area contributed by atoms with Gasteiger partial charge in [-0.15, -0.1) is 0 Å². The van der Waals surface area contributed by atoms with Gasteiger partial charge in [-0.1, -0.05) is 23.7 Å². The fourth-order valence-electron chi connectivity index (χ4n) is 3.65. The van der Waals surface area contributed by atoms with Crippen molar-refractivity contribution in [2.45, 2.75) is 19.4 Å². The number of pyridine rings is 1. The number of benzene rings is 1. The first-order valence-electron chi connectivity index (χ1n) is 10.4. The molecule has 0 atom stereocenters. The summed E-state index contributed by atoms with van der Waals surface area (Å²) in [5.74, 6) is 0.753. The van der Waals surface area contributed by atoms with E-state index in [1.54, 1.807) is 12.1 Å². The molecule has 1 amide bonds. The van der Waals surface area contributed by atoms with E-state index in [1.165, 1.54) is 6.20 Å². The van der Waals surface area contributed by atoms with Crippen LogP contribution in [0, 0.1) is 0 Å². The zero-order valence-corrected chi connectivity index (χ0v) is 18.0. The van der Waals surface area contributed by atoms with E-state index in [2.05, 4.69) is 25.2 Å². The minimum absolute atomic E-state index is 0.152. The Bertz CT molecular complexity index is 1240. The topological polar surface area (TPSA) is 84.6 Å². The molecule has 4 heterocycles. The second-order valence-electron chi connectivity index (χ2n) is 7.53. The van der Waals surface area contributed by atoms with E-state index >= 15 is 0 Å². The van der Waals surface area contributed by atoms with Gasteiger partial charge in [0.15, 0.2) is 5.69 Å². The Morgan fingerprint density at radius 3 is 2.84 bits per heavy atom. The van der Waals surface area contributed by atoms with Crippen molar-refractivity contribution in [2.75, 3.05) is 23.3 Å². The summed E-state index contributed by atoms with van der Waals surface area (Å²) >= 11 is 6.21. The largest absolute Gasteiger partial charge is 0.487 e. The normalized spacial score (nSPS) is 13.5. The number of aromatic nitrogens is 4. The van der Waals surface area contributed by atoms with Crippen LogP contribution in [0.5, 0.6) is 5.75 Å². The molecular weight excluding hydrogens is 428 g/mol. The zero-order chi connectivity index (χ0) is 21.9. The van der Waals surface area contributed by atoms with Crippen molar-refractivity contribution in [1.29, 1.82) is 0 Å². The smallest absolute Gasteiger partial charge is 0.276 e. The molecule has 9 heteroatoms. The van der Waals surface area contributed by atoms with E-state index in [0.717, 1.165) is 37.3 Å². The molecule has 1 fully saturated rings. The minimum Gasteiger partial charge on any atom is -0.487 e. The summed E-state index contributed by atoms with van der Waals surface area (Å²) in [6.45, 7) is 2.08. The summed E-state index contributed by atoms with van der Waals surface area (Å²) in [5.41, 5.74) is 2.41. The van der Waals surface area contributed by atoms with Crippen molar-refractivity contribution in [1.82, 2.24) is 19.4 Å². The molecule has 1 aliphatic heterocycles. The third kappa shape index (κ3) is 4.36. The van der Waals surface area contributed by atoms with Gasteiger partial charge in [0.1, 0.15) is 18.0 Å². The molecule has 8 nitrogen and oxygen atoms in total. The molecule has 1 aromatic carbocycles. The minimum atomic E-state index is -0.393. The molecule has 32 heavy (non-hydrogen) atoms. The number of imidazole rings is 1. The van der Waals surface area contributed by atoms with Crippen LogP contribution in [-0.2, 0) is 6.61 Å². The van der Waals surface area contributed by atoms with Crippen LogP contribution in [0.2, 0.25) is 5.02 Å². The van der Waals surface area contributed by atoms with E-state index in [0.29, 0.717) is 24.0 Å². The highest BCUT2D eigenvalue weighted by molar-refractivity contribution is 6.34. The maximum Gasteiger partial charge on any atom is 0.276 e. The quantitative estimate of drug-likeness (QED) is 0.475. The predicted molar refractivity (Wildman–Crippen MR) is 122 cm³/mol. The average Bonchev–Trinajstić information content (AvgIpc) is 3.48. The standard InChI is InChI=1S/C23H21ClN6O2/c24-19-13-25-23(29-9-3-4-10-29)28-21(19)22(31)27-16-6-5-7-18(12-16)32-15-17-14-30-11-2-1-8-20(30)26-17/h1-2,5-8,11-14H,3-4,9-10,15H2,(H,27,31). The van der Waals surface area contributed by atoms with Crippen LogP contribution in [0.25, 0.3) is 5.65 Å². The Hall–Kier alpha value is -3.65. The van der Waals surface area contributed by atoms with Gasteiger partial charge >= 0.3 is 0 Å². The summed E-state index contributed by atoms with van der Waals surface area (Å²) in [7, 11) is 0. The lowest BCUT2D eigenvalue weighted by Gasteiger charge is -2.16. The molecule has 1 aliphatic rings. The Morgan fingerprint density at radius 2 is 2.00 bits per heavy atom. The Morgan fingerprint density at radius 1 is 1.12 bits per heavy atom. The molecule has 3 aromatic heterocycles. The van der Waals surface area contributed by atoms with Gasteiger partial charge in [0.05, 0.1) is 16.9 Å². The monoisotopic (exact) mass is 448 g/mol.